The normalized spacial score (nSPS) is 26.8. The number of hydrogen-bond acceptors (Lipinski definition) is 6. The molecule has 2 unspecified atom stereocenters. The maximum atomic E-state index is 12.8. The predicted octanol–water partition coefficient (Wildman–Crippen LogP) is 2.46. The van der Waals surface area contributed by atoms with Crippen LogP contribution >= 0.6 is 15.9 Å². The highest BCUT2D eigenvalue weighted by atomic mass is 79.9. The summed E-state index contributed by atoms with van der Waals surface area (Å²) in [6.45, 7) is 0.949. The average Bonchev–Trinajstić information content (AvgIpc) is 2.93. The van der Waals surface area contributed by atoms with Crippen LogP contribution in [0.15, 0.2) is 22.7 Å². The van der Waals surface area contributed by atoms with Gasteiger partial charge >= 0.3 is 5.97 Å². The van der Waals surface area contributed by atoms with Gasteiger partial charge in [0, 0.05) is 36.0 Å². The van der Waals surface area contributed by atoms with Crippen molar-refractivity contribution in [3.05, 3.63) is 33.8 Å². The van der Waals surface area contributed by atoms with E-state index in [0.717, 1.165) is 15.6 Å². The number of amides is 1. The van der Waals surface area contributed by atoms with Gasteiger partial charge in [-0.3, -0.25) is 9.59 Å². The number of nitrogens with zero attached hydrogens (tertiary/aromatic N) is 1. The lowest BCUT2D eigenvalue weighted by atomic mass is 9.69. The Morgan fingerprint density at radius 2 is 2.17 bits per heavy atom. The van der Waals surface area contributed by atoms with E-state index >= 15 is 0 Å². The zero-order chi connectivity index (χ0) is 20.8. The lowest BCUT2D eigenvalue weighted by Gasteiger charge is -2.35. The third-order valence-corrected chi connectivity index (χ3v) is 6.87. The van der Waals surface area contributed by atoms with Crippen molar-refractivity contribution >= 4 is 27.8 Å². The van der Waals surface area contributed by atoms with Crippen molar-refractivity contribution in [3.63, 3.8) is 0 Å². The molecule has 2 heterocycles. The Labute approximate surface area is 177 Å². The maximum Gasteiger partial charge on any atom is 0.306 e. The number of methoxy groups -OCH3 is 2. The molecular weight excluding hydrogens is 442 g/mol. The maximum absolute atomic E-state index is 12.8. The summed E-state index contributed by atoms with van der Waals surface area (Å²) in [5.41, 5.74) is 1.59. The van der Waals surface area contributed by atoms with E-state index in [1.807, 2.05) is 18.2 Å². The van der Waals surface area contributed by atoms with Crippen molar-refractivity contribution < 1.29 is 28.9 Å². The van der Waals surface area contributed by atoms with Crippen LogP contribution in [0.3, 0.4) is 0 Å². The Kier molecular flexibility index (Phi) is 5.33. The third-order valence-electron chi connectivity index (χ3n) is 6.16. The number of carbonyl (C=O) groups is 2. The highest BCUT2D eigenvalue weighted by Gasteiger charge is 2.53. The van der Waals surface area contributed by atoms with Crippen molar-refractivity contribution in [2.75, 3.05) is 20.8 Å². The molecule has 0 radical (unpaired) electrons. The van der Waals surface area contributed by atoms with Crippen LogP contribution in [0.25, 0.3) is 0 Å². The number of esters is 1. The number of rotatable bonds is 4. The van der Waals surface area contributed by atoms with E-state index in [2.05, 4.69) is 20.7 Å². The highest BCUT2D eigenvalue weighted by Crippen LogP contribution is 2.57. The minimum atomic E-state index is -0.557. The van der Waals surface area contributed by atoms with Gasteiger partial charge in [-0.1, -0.05) is 28.1 Å². The minimum absolute atomic E-state index is 0.0662. The summed E-state index contributed by atoms with van der Waals surface area (Å²) in [4.78, 5) is 26.1. The SMILES string of the molecule is COC(=O)CCC(=O)N1CCC23C=C[C@H](O)CC2Oc2c(OC)cc(Br)c(c23)C1. The molecule has 1 aromatic rings. The van der Waals surface area contributed by atoms with Gasteiger partial charge in [0.25, 0.3) is 0 Å². The molecule has 7 nitrogen and oxygen atoms in total. The van der Waals surface area contributed by atoms with Gasteiger partial charge in [-0.05, 0) is 18.1 Å². The molecule has 8 heteroatoms. The molecule has 0 bridgehead atoms. The van der Waals surface area contributed by atoms with E-state index in [9.17, 15) is 14.7 Å². The minimum Gasteiger partial charge on any atom is -0.493 e. The zero-order valence-corrected chi connectivity index (χ0v) is 18.0. The van der Waals surface area contributed by atoms with Crippen molar-refractivity contribution in [2.24, 2.45) is 0 Å². The second kappa shape index (κ2) is 7.65. The van der Waals surface area contributed by atoms with Crippen molar-refractivity contribution in [3.8, 4) is 11.5 Å². The predicted molar refractivity (Wildman–Crippen MR) is 108 cm³/mol. The summed E-state index contributed by atoms with van der Waals surface area (Å²) in [6, 6.07) is 1.86. The van der Waals surface area contributed by atoms with Crippen LogP contribution in [0.2, 0.25) is 0 Å². The first-order valence-corrected chi connectivity index (χ1v) is 10.5. The molecule has 156 valence electrons. The first-order chi connectivity index (χ1) is 13.9. The van der Waals surface area contributed by atoms with Crippen molar-refractivity contribution in [2.45, 2.75) is 49.9 Å². The Bertz CT molecular complexity index is 884. The first kappa shape index (κ1) is 20.2. The van der Waals surface area contributed by atoms with E-state index < -0.39 is 17.5 Å². The summed E-state index contributed by atoms with van der Waals surface area (Å²) in [5.74, 6) is 0.855. The fourth-order valence-electron chi connectivity index (χ4n) is 4.64. The fraction of sp³-hybridized carbons (Fsp3) is 0.524. The van der Waals surface area contributed by atoms with Gasteiger partial charge < -0.3 is 24.2 Å². The van der Waals surface area contributed by atoms with Gasteiger partial charge in [-0.25, -0.2) is 0 Å². The Morgan fingerprint density at radius 3 is 2.90 bits per heavy atom. The first-order valence-electron chi connectivity index (χ1n) is 9.68. The summed E-state index contributed by atoms with van der Waals surface area (Å²) >= 11 is 3.65. The third kappa shape index (κ3) is 3.32. The number of halogens is 1. The molecule has 2 aliphatic heterocycles. The van der Waals surface area contributed by atoms with E-state index in [1.165, 1.54) is 7.11 Å². The number of hydrogen-bond donors (Lipinski definition) is 1. The van der Waals surface area contributed by atoms with Gasteiger partial charge in [0.2, 0.25) is 5.91 Å². The van der Waals surface area contributed by atoms with Crippen LogP contribution in [0.1, 0.15) is 36.8 Å². The number of aliphatic hydroxyl groups excluding tert-OH is 1. The smallest absolute Gasteiger partial charge is 0.306 e. The summed E-state index contributed by atoms with van der Waals surface area (Å²) in [7, 11) is 2.92. The number of carbonyl (C=O) groups excluding carboxylic acids is 2. The summed E-state index contributed by atoms with van der Waals surface area (Å²) in [6.07, 6.45) is 4.42. The molecule has 1 aliphatic carbocycles. The molecule has 0 fully saturated rings. The van der Waals surface area contributed by atoms with E-state index in [4.69, 9.17) is 9.47 Å². The topological polar surface area (TPSA) is 85.3 Å². The molecule has 1 aromatic carbocycles. The van der Waals surface area contributed by atoms with Gasteiger partial charge in [-0.2, -0.15) is 0 Å². The van der Waals surface area contributed by atoms with E-state index in [0.29, 0.717) is 37.4 Å². The quantitative estimate of drug-likeness (QED) is 0.542. The molecule has 0 aromatic heterocycles. The average molecular weight is 466 g/mol. The van der Waals surface area contributed by atoms with Gasteiger partial charge in [-0.15, -0.1) is 0 Å². The molecule has 1 spiro atoms. The molecule has 3 atom stereocenters. The lowest BCUT2D eigenvalue weighted by molar-refractivity contribution is -0.143. The van der Waals surface area contributed by atoms with Crippen LogP contribution in [-0.4, -0.2) is 54.9 Å². The molecule has 1 amide bonds. The number of benzene rings is 1. The van der Waals surface area contributed by atoms with Crippen LogP contribution in [0, 0.1) is 0 Å². The van der Waals surface area contributed by atoms with Gasteiger partial charge in [0.1, 0.15) is 6.10 Å². The highest BCUT2D eigenvalue weighted by molar-refractivity contribution is 9.10. The van der Waals surface area contributed by atoms with Crippen LogP contribution < -0.4 is 9.47 Å². The molecule has 4 rings (SSSR count). The molecule has 29 heavy (non-hydrogen) atoms. The number of ether oxygens (including phenoxy) is 3. The van der Waals surface area contributed by atoms with Crippen molar-refractivity contribution in [1.82, 2.24) is 4.90 Å². The fourth-order valence-corrected chi connectivity index (χ4v) is 5.17. The standard InChI is InChI=1S/C21H24BrNO6/c1-27-15-10-14(22)13-11-23(17(25)3-4-18(26)28-2)8-7-21-6-5-12(24)9-16(21)29-20(15)19(13)21/h5-6,10,12,16,24H,3-4,7-9,11H2,1-2H3/t12-,16?,21?/m0/s1. The van der Waals surface area contributed by atoms with Crippen LogP contribution in [0.5, 0.6) is 11.5 Å². The van der Waals surface area contributed by atoms with Crippen molar-refractivity contribution in [1.29, 1.82) is 0 Å². The van der Waals surface area contributed by atoms with Gasteiger partial charge in [0.05, 0.1) is 32.2 Å². The van der Waals surface area contributed by atoms with Crippen LogP contribution in [-0.2, 0) is 26.3 Å². The second-order valence-corrected chi connectivity index (χ2v) is 8.55. The molecule has 0 saturated heterocycles. The second-order valence-electron chi connectivity index (χ2n) is 7.69. The zero-order valence-electron chi connectivity index (χ0n) is 16.4. The van der Waals surface area contributed by atoms with Crippen LogP contribution in [0.4, 0.5) is 0 Å². The van der Waals surface area contributed by atoms with Gasteiger partial charge in [0.15, 0.2) is 11.5 Å². The van der Waals surface area contributed by atoms with E-state index in [1.54, 1.807) is 12.0 Å². The molecule has 3 aliphatic rings. The summed E-state index contributed by atoms with van der Waals surface area (Å²) < 4.78 is 17.4. The largest absolute Gasteiger partial charge is 0.493 e. The molecule has 0 saturated carbocycles. The Morgan fingerprint density at radius 1 is 1.38 bits per heavy atom. The number of aliphatic hydroxyl groups is 1. The summed E-state index contributed by atoms with van der Waals surface area (Å²) in [5, 5.41) is 10.2. The Hall–Kier alpha value is -2.06. The Balaban J connectivity index is 1.74. The van der Waals surface area contributed by atoms with E-state index in [-0.39, 0.29) is 24.9 Å². The molecule has 1 N–H and O–H groups in total. The molecular formula is C21H24BrNO6. The lowest BCUT2D eigenvalue weighted by Crippen LogP contribution is -2.43. The monoisotopic (exact) mass is 465 g/mol.